The van der Waals surface area contributed by atoms with Crippen LogP contribution in [0.25, 0.3) is 0 Å². The number of rotatable bonds is 2. The highest BCUT2D eigenvalue weighted by Crippen LogP contribution is 2.49. The zero-order chi connectivity index (χ0) is 13.5. The van der Waals surface area contributed by atoms with Gasteiger partial charge in [-0.15, -0.1) is 0 Å². The Morgan fingerprint density at radius 1 is 1.11 bits per heavy atom. The van der Waals surface area contributed by atoms with Gasteiger partial charge in [0, 0.05) is 16.1 Å². The predicted molar refractivity (Wildman–Crippen MR) is 73.5 cm³/mol. The molecule has 0 radical (unpaired) electrons. The van der Waals surface area contributed by atoms with Gasteiger partial charge in [0.25, 0.3) is 6.43 Å². The van der Waals surface area contributed by atoms with E-state index in [0.717, 1.165) is 18.4 Å². The van der Waals surface area contributed by atoms with Gasteiger partial charge >= 0.3 is 0 Å². The van der Waals surface area contributed by atoms with Crippen LogP contribution in [-0.2, 0) is 5.60 Å². The highest BCUT2D eigenvalue weighted by atomic mass is 32.2. The van der Waals surface area contributed by atoms with E-state index in [1.807, 2.05) is 11.8 Å². The van der Waals surface area contributed by atoms with Crippen molar-refractivity contribution in [3.63, 3.8) is 0 Å². The fourth-order valence-corrected chi connectivity index (χ4v) is 5.19. The van der Waals surface area contributed by atoms with E-state index in [0.29, 0.717) is 10.5 Å². The molecule has 1 aromatic rings. The van der Waals surface area contributed by atoms with Crippen LogP contribution in [0.3, 0.4) is 0 Å². The number of aliphatic hydroxyl groups is 1. The van der Waals surface area contributed by atoms with Crippen LogP contribution >= 0.6 is 11.8 Å². The summed E-state index contributed by atoms with van der Waals surface area (Å²) in [6.45, 7) is 0. The molecule has 1 N–H and O–H groups in total. The summed E-state index contributed by atoms with van der Waals surface area (Å²) >= 11 is 2.00. The Morgan fingerprint density at radius 3 is 2.21 bits per heavy atom. The quantitative estimate of drug-likeness (QED) is 0.875. The van der Waals surface area contributed by atoms with E-state index in [-0.39, 0.29) is 5.56 Å². The Morgan fingerprint density at radius 2 is 1.68 bits per heavy atom. The molecule has 2 aliphatic rings. The van der Waals surface area contributed by atoms with E-state index in [4.69, 9.17) is 0 Å². The number of thioether (sulfide) groups is 1. The molecule has 0 aliphatic carbocycles. The Labute approximate surface area is 116 Å². The fraction of sp³-hybridized carbons (Fsp3) is 0.600. The van der Waals surface area contributed by atoms with Crippen LogP contribution in [0.15, 0.2) is 24.3 Å². The molecule has 0 spiro atoms. The minimum absolute atomic E-state index is 0.0257. The SMILES string of the molecule is OC1(c2ccc(C(F)F)cc2)CC2CCCC(C1)S2. The third-order valence-electron chi connectivity index (χ3n) is 4.27. The van der Waals surface area contributed by atoms with Crippen molar-refractivity contribution in [3.8, 4) is 0 Å². The van der Waals surface area contributed by atoms with Crippen LogP contribution in [0.4, 0.5) is 8.78 Å². The molecule has 1 nitrogen and oxygen atoms in total. The van der Waals surface area contributed by atoms with Crippen LogP contribution < -0.4 is 0 Å². The summed E-state index contributed by atoms with van der Waals surface area (Å²) in [5.74, 6) is 0. The minimum Gasteiger partial charge on any atom is -0.385 e. The molecular formula is C15H18F2OS. The van der Waals surface area contributed by atoms with E-state index < -0.39 is 12.0 Å². The van der Waals surface area contributed by atoms with Crippen LogP contribution in [0.2, 0.25) is 0 Å². The first kappa shape index (κ1) is 13.4. The maximum Gasteiger partial charge on any atom is 0.263 e. The molecule has 0 aromatic heterocycles. The van der Waals surface area contributed by atoms with Crippen molar-refractivity contribution in [2.24, 2.45) is 0 Å². The summed E-state index contributed by atoms with van der Waals surface area (Å²) in [6.07, 6.45) is 2.65. The molecule has 104 valence electrons. The van der Waals surface area contributed by atoms with E-state index >= 15 is 0 Å². The summed E-state index contributed by atoms with van der Waals surface area (Å²) < 4.78 is 25.1. The highest BCUT2D eigenvalue weighted by Gasteiger charge is 2.42. The summed E-state index contributed by atoms with van der Waals surface area (Å²) in [5, 5.41) is 11.9. The monoisotopic (exact) mass is 284 g/mol. The summed E-state index contributed by atoms with van der Waals surface area (Å²) in [4.78, 5) is 0. The van der Waals surface area contributed by atoms with Crippen molar-refractivity contribution in [3.05, 3.63) is 35.4 Å². The highest BCUT2D eigenvalue weighted by molar-refractivity contribution is 8.00. The number of halogens is 2. The number of alkyl halides is 2. The molecule has 2 bridgehead atoms. The van der Waals surface area contributed by atoms with Crippen LogP contribution in [0.5, 0.6) is 0 Å². The Kier molecular flexibility index (Phi) is 3.56. The van der Waals surface area contributed by atoms with Gasteiger partial charge in [-0.3, -0.25) is 0 Å². The van der Waals surface area contributed by atoms with Gasteiger partial charge in [-0.25, -0.2) is 8.78 Å². The zero-order valence-corrected chi connectivity index (χ0v) is 11.5. The molecule has 19 heavy (non-hydrogen) atoms. The normalized spacial score (nSPS) is 34.5. The zero-order valence-electron chi connectivity index (χ0n) is 10.7. The molecule has 1 aromatic carbocycles. The Balaban J connectivity index is 1.83. The van der Waals surface area contributed by atoms with Gasteiger partial charge in [-0.05, 0) is 31.2 Å². The molecule has 2 saturated heterocycles. The first-order chi connectivity index (χ1) is 9.07. The van der Waals surface area contributed by atoms with E-state index in [9.17, 15) is 13.9 Å². The largest absolute Gasteiger partial charge is 0.385 e. The van der Waals surface area contributed by atoms with Crippen molar-refractivity contribution in [1.82, 2.24) is 0 Å². The van der Waals surface area contributed by atoms with Gasteiger partial charge in [-0.2, -0.15) is 11.8 Å². The van der Waals surface area contributed by atoms with E-state index in [1.54, 1.807) is 12.1 Å². The van der Waals surface area contributed by atoms with Crippen molar-refractivity contribution in [1.29, 1.82) is 0 Å². The predicted octanol–water partition coefficient (Wildman–Crippen LogP) is 4.26. The minimum atomic E-state index is -2.44. The molecule has 2 fully saturated rings. The third-order valence-corrected chi connectivity index (χ3v) is 5.84. The first-order valence-electron chi connectivity index (χ1n) is 6.83. The molecule has 2 heterocycles. The van der Waals surface area contributed by atoms with Gasteiger partial charge in [0.15, 0.2) is 0 Å². The molecule has 0 saturated carbocycles. The third kappa shape index (κ3) is 2.65. The molecule has 2 unspecified atom stereocenters. The maximum atomic E-state index is 12.6. The topological polar surface area (TPSA) is 20.2 Å². The fourth-order valence-electron chi connectivity index (χ4n) is 3.29. The van der Waals surface area contributed by atoms with Crippen molar-refractivity contribution in [2.75, 3.05) is 0 Å². The average molecular weight is 284 g/mol. The van der Waals surface area contributed by atoms with Gasteiger partial charge in [0.05, 0.1) is 5.60 Å². The molecular weight excluding hydrogens is 266 g/mol. The van der Waals surface area contributed by atoms with Crippen LogP contribution in [0.1, 0.15) is 49.7 Å². The van der Waals surface area contributed by atoms with Crippen molar-refractivity contribution in [2.45, 2.75) is 54.6 Å². The number of hydrogen-bond donors (Lipinski definition) is 1. The second-order valence-corrected chi connectivity index (χ2v) is 7.28. The lowest BCUT2D eigenvalue weighted by Gasteiger charge is -2.44. The molecule has 2 atom stereocenters. The molecule has 0 amide bonds. The lowest BCUT2D eigenvalue weighted by atomic mass is 9.80. The molecule has 3 rings (SSSR count). The van der Waals surface area contributed by atoms with Gasteiger partial charge in [0.2, 0.25) is 0 Å². The second kappa shape index (κ2) is 5.06. The summed E-state index contributed by atoms with van der Waals surface area (Å²) in [7, 11) is 0. The maximum absolute atomic E-state index is 12.6. The molecule has 2 aliphatic heterocycles. The standard InChI is InChI=1S/C15H18F2OS/c16-14(17)10-4-6-11(7-5-10)15(18)8-12-2-1-3-13(9-15)19-12/h4-7,12-14,18H,1-3,8-9H2. The smallest absolute Gasteiger partial charge is 0.263 e. The second-order valence-electron chi connectivity index (χ2n) is 5.67. The van der Waals surface area contributed by atoms with Gasteiger partial charge in [-0.1, -0.05) is 30.7 Å². The van der Waals surface area contributed by atoms with E-state index in [1.165, 1.54) is 31.4 Å². The number of hydrogen-bond acceptors (Lipinski definition) is 2. The lowest BCUT2D eigenvalue weighted by molar-refractivity contribution is 0.00804. The average Bonchev–Trinajstić information content (AvgIpc) is 2.38. The molecule has 4 heteroatoms. The number of benzene rings is 1. The first-order valence-corrected chi connectivity index (χ1v) is 7.77. The van der Waals surface area contributed by atoms with Crippen molar-refractivity contribution >= 4 is 11.8 Å². The summed E-state index contributed by atoms with van der Waals surface area (Å²) in [6, 6.07) is 6.23. The van der Waals surface area contributed by atoms with E-state index in [2.05, 4.69) is 0 Å². The number of fused-ring (bicyclic) bond motifs is 2. The Hall–Kier alpha value is -0.610. The van der Waals surface area contributed by atoms with Crippen LogP contribution in [0, 0.1) is 0 Å². The van der Waals surface area contributed by atoms with Gasteiger partial charge < -0.3 is 5.11 Å². The van der Waals surface area contributed by atoms with Crippen molar-refractivity contribution < 1.29 is 13.9 Å². The Bertz CT molecular complexity index is 434. The lowest BCUT2D eigenvalue weighted by Crippen LogP contribution is -2.40. The van der Waals surface area contributed by atoms with Gasteiger partial charge in [0.1, 0.15) is 0 Å². The van der Waals surface area contributed by atoms with Crippen LogP contribution in [-0.4, -0.2) is 15.6 Å². The summed E-state index contributed by atoms with van der Waals surface area (Å²) in [5.41, 5.74) is 0.00797.